The molecule has 0 spiro atoms. The fourth-order valence-electron chi connectivity index (χ4n) is 2.91. The highest BCUT2D eigenvalue weighted by atomic mass is 16.3. The number of carbonyl (C=O) groups excluding carboxylic acids is 2. The first-order valence-corrected chi connectivity index (χ1v) is 8.26. The van der Waals surface area contributed by atoms with Crippen molar-refractivity contribution in [3.05, 3.63) is 66.2 Å². The van der Waals surface area contributed by atoms with Gasteiger partial charge in [-0.25, -0.2) is 4.79 Å². The second-order valence-corrected chi connectivity index (χ2v) is 6.06. The number of urea groups is 1. The van der Waals surface area contributed by atoms with Crippen LogP contribution in [-0.2, 0) is 11.3 Å². The molecule has 1 aliphatic rings. The summed E-state index contributed by atoms with van der Waals surface area (Å²) in [5.41, 5.74) is 1.63. The number of hydrogen-bond donors (Lipinski definition) is 3. The molecule has 6 heteroatoms. The summed E-state index contributed by atoms with van der Waals surface area (Å²) in [5, 5.41) is 15.5. The Hall–Kier alpha value is -2.86. The van der Waals surface area contributed by atoms with Gasteiger partial charge in [-0.2, -0.15) is 0 Å². The number of para-hydroxylation sites is 1. The second kappa shape index (κ2) is 7.81. The van der Waals surface area contributed by atoms with E-state index < -0.39 is 12.1 Å². The lowest BCUT2D eigenvalue weighted by Gasteiger charge is -2.24. The van der Waals surface area contributed by atoms with Crippen LogP contribution in [0.15, 0.2) is 60.7 Å². The van der Waals surface area contributed by atoms with Gasteiger partial charge in [0.25, 0.3) is 0 Å². The Bertz CT molecular complexity index is 721. The van der Waals surface area contributed by atoms with E-state index in [1.54, 1.807) is 12.1 Å². The molecule has 0 saturated carbocycles. The van der Waals surface area contributed by atoms with E-state index >= 15 is 0 Å². The molecule has 25 heavy (non-hydrogen) atoms. The van der Waals surface area contributed by atoms with Crippen molar-refractivity contribution in [2.24, 2.45) is 0 Å². The zero-order valence-corrected chi connectivity index (χ0v) is 13.8. The number of aliphatic hydroxyl groups is 1. The van der Waals surface area contributed by atoms with Crippen molar-refractivity contribution in [2.45, 2.75) is 25.1 Å². The van der Waals surface area contributed by atoms with Crippen LogP contribution in [0, 0.1) is 0 Å². The summed E-state index contributed by atoms with van der Waals surface area (Å²) in [7, 11) is 0. The third-order valence-corrected chi connectivity index (χ3v) is 4.18. The summed E-state index contributed by atoms with van der Waals surface area (Å²) < 4.78 is 0. The standard InChI is InChI=1S/C19H21N3O3/c23-16-11-17(18(24)20-12-14-7-3-1-4-8-14)22(13-16)19(25)21-15-9-5-2-6-10-15/h1-10,16-17,23H,11-13H2,(H,20,24)(H,21,25)/t16-,17-/m1/s1. The van der Waals surface area contributed by atoms with Crippen LogP contribution in [0.1, 0.15) is 12.0 Å². The van der Waals surface area contributed by atoms with Gasteiger partial charge in [0.1, 0.15) is 6.04 Å². The molecule has 6 nitrogen and oxygen atoms in total. The molecule has 0 radical (unpaired) electrons. The molecule has 3 amide bonds. The van der Waals surface area contributed by atoms with Gasteiger partial charge in [-0.15, -0.1) is 0 Å². The summed E-state index contributed by atoms with van der Waals surface area (Å²) in [5.74, 6) is -0.261. The molecule has 2 aromatic rings. The highest BCUT2D eigenvalue weighted by Gasteiger charge is 2.38. The van der Waals surface area contributed by atoms with Crippen LogP contribution in [-0.4, -0.2) is 40.6 Å². The van der Waals surface area contributed by atoms with Crippen molar-refractivity contribution in [1.29, 1.82) is 0 Å². The van der Waals surface area contributed by atoms with Gasteiger partial charge in [0.15, 0.2) is 0 Å². The largest absolute Gasteiger partial charge is 0.391 e. The minimum absolute atomic E-state index is 0.141. The third-order valence-electron chi connectivity index (χ3n) is 4.18. The maximum atomic E-state index is 12.5. The van der Waals surface area contributed by atoms with Crippen molar-refractivity contribution in [3.63, 3.8) is 0 Å². The molecule has 2 atom stereocenters. The first-order valence-electron chi connectivity index (χ1n) is 8.26. The second-order valence-electron chi connectivity index (χ2n) is 6.06. The zero-order chi connectivity index (χ0) is 17.6. The highest BCUT2D eigenvalue weighted by Crippen LogP contribution is 2.20. The number of anilines is 1. The topological polar surface area (TPSA) is 81.7 Å². The quantitative estimate of drug-likeness (QED) is 0.796. The van der Waals surface area contributed by atoms with Crippen LogP contribution in [0.25, 0.3) is 0 Å². The Morgan fingerprint density at radius 3 is 2.36 bits per heavy atom. The van der Waals surface area contributed by atoms with Gasteiger partial charge in [0.05, 0.1) is 6.10 Å². The molecule has 0 aliphatic carbocycles. The molecule has 3 N–H and O–H groups in total. The van der Waals surface area contributed by atoms with Gasteiger partial charge in [-0.3, -0.25) is 4.79 Å². The molecule has 0 bridgehead atoms. The molecule has 3 rings (SSSR count). The molecule has 0 aromatic heterocycles. The van der Waals surface area contributed by atoms with E-state index in [1.165, 1.54) is 4.90 Å². The Morgan fingerprint density at radius 1 is 1.04 bits per heavy atom. The van der Waals surface area contributed by atoms with Crippen molar-refractivity contribution in [2.75, 3.05) is 11.9 Å². The number of amides is 3. The Morgan fingerprint density at radius 2 is 1.68 bits per heavy atom. The number of aliphatic hydroxyl groups excluding tert-OH is 1. The number of likely N-dealkylation sites (tertiary alicyclic amines) is 1. The number of nitrogens with one attached hydrogen (secondary N) is 2. The van der Waals surface area contributed by atoms with Crippen LogP contribution in [0.4, 0.5) is 10.5 Å². The van der Waals surface area contributed by atoms with Crippen molar-refractivity contribution >= 4 is 17.6 Å². The summed E-state index contributed by atoms with van der Waals surface area (Å²) in [6.45, 7) is 0.530. The number of hydrogen-bond acceptors (Lipinski definition) is 3. The number of β-amino-alcohol motifs (C(OH)–C–C–N with tert-alkyl or cyclic N) is 1. The number of rotatable bonds is 4. The van der Waals surface area contributed by atoms with Crippen molar-refractivity contribution in [3.8, 4) is 0 Å². The zero-order valence-electron chi connectivity index (χ0n) is 13.8. The van der Waals surface area contributed by atoms with Gasteiger partial charge in [0, 0.05) is 25.2 Å². The monoisotopic (exact) mass is 339 g/mol. The summed E-state index contributed by atoms with van der Waals surface area (Å²) in [6.07, 6.45) is -0.461. The van der Waals surface area contributed by atoms with Crippen LogP contribution in [0.5, 0.6) is 0 Å². The smallest absolute Gasteiger partial charge is 0.322 e. The van der Waals surface area contributed by atoms with E-state index in [9.17, 15) is 14.7 Å². The van der Waals surface area contributed by atoms with Crippen LogP contribution >= 0.6 is 0 Å². The maximum absolute atomic E-state index is 12.5. The Labute approximate surface area is 146 Å². The highest BCUT2D eigenvalue weighted by molar-refractivity contribution is 5.94. The van der Waals surface area contributed by atoms with E-state index in [0.717, 1.165) is 5.56 Å². The molecular weight excluding hydrogens is 318 g/mol. The molecule has 1 aliphatic heterocycles. The average molecular weight is 339 g/mol. The third kappa shape index (κ3) is 4.36. The van der Waals surface area contributed by atoms with Gasteiger partial charge < -0.3 is 20.6 Å². The summed E-state index contributed by atoms with van der Waals surface area (Å²) in [6, 6.07) is 17.5. The minimum atomic E-state index is -0.700. The number of carbonyl (C=O) groups is 2. The average Bonchev–Trinajstić information content (AvgIpc) is 3.03. The Kier molecular flexibility index (Phi) is 5.30. The first-order chi connectivity index (χ1) is 12.1. The van der Waals surface area contributed by atoms with E-state index in [-0.39, 0.29) is 24.9 Å². The van der Waals surface area contributed by atoms with E-state index in [0.29, 0.717) is 12.2 Å². The van der Waals surface area contributed by atoms with Crippen LogP contribution < -0.4 is 10.6 Å². The van der Waals surface area contributed by atoms with Crippen LogP contribution in [0.3, 0.4) is 0 Å². The number of benzene rings is 2. The first kappa shape index (κ1) is 17.0. The SMILES string of the molecule is O=C(NCc1ccccc1)[C@H]1C[C@@H](O)CN1C(=O)Nc1ccccc1. The predicted molar refractivity (Wildman–Crippen MR) is 94.9 cm³/mol. The van der Waals surface area contributed by atoms with E-state index in [4.69, 9.17) is 0 Å². The minimum Gasteiger partial charge on any atom is -0.391 e. The molecule has 1 saturated heterocycles. The lowest BCUT2D eigenvalue weighted by atomic mass is 10.1. The Balaban J connectivity index is 1.62. The summed E-state index contributed by atoms with van der Waals surface area (Å²) >= 11 is 0. The van der Waals surface area contributed by atoms with Crippen molar-refractivity contribution in [1.82, 2.24) is 10.2 Å². The van der Waals surface area contributed by atoms with E-state index in [2.05, 4.69) is 10.6 Å². The lowest BCUT2D eigenvalue weighted by molar-refractivity contribution is -0.124. The summed E-state index contributed by atoms with van der Waals surface area (Å²) in [4.78, 5) is 26.3. The fraction of sp³-hybridized carbons (Fsp3) is 0.263. The van der Waals surface area contributed by atoms with Gasteiger partial charge >= 0.3 is 6.03 Å². The maximum Gasteiger partial charge on any atom is 0.322 e. The van der Waals surface area contributed by atoms with Gasteiger partial charge in [0.2, 0.25) is 5.91 Å². The molecule has 2 aromatic carbocycles. The van der Waals surface area contributed by atoms with Crippen molar-refractivity contribution < 1.29 is 14.7 Å². The normalized spacial score (nSPS) is 19.5. The molecule has 0 unspecified atom stereocenters. The molecule has 130 valence electrons. The molecule has 1 fully saturated rings. The molecular formula is C19H21N3O3. The lowest BCUT2D eigenvalue weighted by Crippen LogP contribution is -2.47. The van der Waals surface area contributed by atoms with Gasteiger partial charge in [-0.05, 0) is 17.7 Å². The van der Waals surface area contributed by atoms with E-state index in [1.807, 2.05) is 48.5 Å². The van der Waals surface area contributed by atoms with Crippen LogP contribution in [0.2, 0.25) is 0 Å². The fourth-order valence-corrected chi connectivity index (χ4v) is 2.91. The number of nitrogens with zero attached hydrogens (tertiary/aromatic N) is 1. The molecule has 1 heterocycles. The van der Waals surface area contributed by atoms with Gasteiger partial charge in [-0.1, -0.05) is 48.5 Å². The predicted octanol–water partition coefficient (Wildman–Crippen LogP) is 1.97.